The maximum atomic E-state index is 13.1. The highest BCUT2D eigenvalue weighted by molar-refractivity contribution is 7.07. The van der Waals surface area contributed by atoms with Crippen LogP contribution < -0.4 is 20.1 Å². The van der Waals surface area contributed by atoms with E-state index >= 15 is 0 Å². The lowest BCUT2D eigenvalue weighted by Crippen LogP contribution is -2.36. The largest absolute Gasteiger partial charge is 0.478 e. The van der Waals surface area contributed by atoms with Gasteiger partial charge in [-0.1, -0.05) is 24.3 Å². The Hall–Kier alpha value is -3.98. The number of hydrogen-bond acceptors (Lipinski definition) is 6. The molecule has 0 spiro atoms. The molecule has 0 fully saturated rings. The maximum absolute atomic E-state index is 13.1. The molecule has 0 saturated heterocycles. The second-order valence-electron chi connectivity index (χ2n) is 7.53. The topological polar surface area (TPSA) is 115 Å². The molecule has 0 atom stereocenters. The number of hydrogen-bond donors (Lipinski definition) is 2. The number of aromatic nitrogens is 1. The van der Waals surface area contributed by atoms with Crippen LogP contribution in [0.25, 0.3) is 12.2 Å². The van der Waals surface area contributed by atoms with E-state index in [9.17, 15) is 19.2 Å². The number of aromatic carboxylic acids is 1. The fourth-order valence-corrected chi connectivity index (χ4v) is 4.19. The van der Waals surface area contributed by atoms with Gasteiger partial charge in [-0.25, -0.2) is 9.59 Å². The highest BCUT2D eigenvalue weighted by Crippen LogP contribution is 2.16. The fourth-order valence-electron chi connectivity index (χ4n) is 3.15. The van der Waals surface area contributed by atoms with E-state index in [1.165, 1.54) is 22.8 Å². The molecule has 0 radical (unpaired) electrons. The Balaban J connectivity index is 2.01. The molecule has 0 aliphatic heterocycles. The van der Waals surface area contributed by atoms with Crippen molar-refractivity contribution < 1.29 is 24.2 Å². The molecule has 2 N–H and O–H groups in total. The summed E-state index contributed by atoms with van der Waals surface area (Å²) in [5.74, 6) is -2.08. The predicted molar refractivity (Wildman–Crippen MR) is 130 cm³/mol. The lowest BCUT2D eigenvalue weighted by molar-refractivity contribution is -0.135. The second-order valence-corrected chi connectivity index (χ2v) is 8.59. The quantitative estimate of drug-likeness (QED) is 0.500. The summed E-state index contributed by atoms with van der Waals surface area (Å²) in [7, 11) is 0. The van der Waals surface area contributed by atoms with Gasteiger partial charge < -0.3 is 15.2 Å². The summed E-state index contributed by atoms with van der Waals surface area (Å²) in [6, 6.07) is 11.7. The van der Waals surface area contributed by atoms with Crippen molar-refractivity contribution in [2.75, 3.05) is 11.9 Å². The van der Waals surface area contributed by atoms with Gasteiger partial charge >= 0.3 is 11.9 Å². The highest BCUT2D eigenvalue weighted by atomic mass is 32.1. The lowest BCUT2D eigenvalue weighted by atomic mass is 10.1. The van der Waals surface area contributed by atoms with Gasteiger partial charge in [-0.2, -0.15) is 0 Å². The number of nitrogens with one attached hydrogen (secondary N) is 1. The van der Waals surface area contributed by atoms with Crippen LogP contribution in [0.5, 0.6) is 0 Å². The third kappa shape index (κ3) is 6.08. The Bertz CT molecular complexity index is 1420. The molecule has 1 heterocycles. The van der Waals surface area contributed by atoms with Gasteiger partial charge in [-0.05, 0) is 61.7 Å². The van der Waals surface area contributed by atoms with Crippen LogP contribution in [-0.4, -0.2) is 34.1 Å². The minimum atomic E-state index is -1.05. The highest BCUT2D eigenvalue weighted by Gasteiger charge is 2.12. The number of ether oxygens (including phenoxy) is 1. The first-order valence-corrected chi connectivity index (χ1v) is 11.3. The van der Waals surface area contributed by atoms with Gasteiger partial charge in [0.05, 0.1) is 22.8 Å². The zero-order valence-electron chi connectivity index (χ0n) is 19.0. The summed E-state index contributed by atoms with van der Waals surface area (Å²) in [4.78, 5) is 49.0. The van der Waals surface area contributed by atoms with Crippen molar-refractivity contribution in [1.29, 1.82) is 0 Å². The fraction of sp³-hybridized carbons (Fsp3) is 0.200. The molecule has 0 aliphatic carbocycles. The molecule has 0 saturated carbocycles. The number of nitrogens with zero attached hydrogens (tertiary/aromatic N) is 1. The number of carbonyl (C=O) groups excluding carboxylic acids is 2. The van der Waals surface area contributed by atoms with Crippen LogP contribution in [0.3, 0.4) is 0 Å². The average Bonchev–Trinajstić information content (AvgIpc) is 3.05. The first kappa shape index (κ1) is 24.7. The molecule has 1 aromatic heterocycles. The molecule has 0 bridgehead atoms. The molecule has 176 valence electrons. The number of thiazole rings is 1. The van der Waals surface area contributed by atoms with Crippen molar-refractivity contribution in [3.63, 3.8) is 0 Å². The van der Waals surface area contributed by atoms with Crippen LogP contribution in [-0.2, 0) is 20.9 Å². The Morgan fingerprint density at radius 3 is 2.47 bits per heavy atom. The van der Waals surface area contributed by atoms with Crippen LogP contribution in [0.4, 0.5) is 5.69 Å². The van der Waals surface area contributed by atoms with Gasteiger partial charge in [0.15, 0.2) is 0 Å². The first-order valence-electron chi connectivity index (χ1n) is 10.5. The zero-order valence-corrected chi connectivity index (χ0v) is 19.8. The summed E-state index contributed by atoms with van der Waals surface area (Å²) in [6.07, 6.45) is 2.77. The number of amides is 1. The number of carboxylic acid groups (broad SMARTS) is 1. The average molecular weight is 481 g/mol. The van der Waals surface area contributed by atoms with Gasteiger partial charge in [0, 0.05) is 5.69 Å². The Morgan fingerprint density at radius 1 is 1.12 bits per heavy atom. The minimum Gasteiger partial charge on any atom is -0.478 e. The number of carboxylic acids is 1. The van der Waals surface area contributed by atoms with Crippen molar-refractivity contribution in [2.45, 2.75) is 27.3 Å². The van der Waals surface area contributed by atoms with Crippen LogP contribution in [0.2, 0.25) is 0 Å². The molecular formula is C25H24N2O6S. The molecule has 9 heteroatoms. The van der Waals surface area contributed by atoms with Crippen LogP contribution in [0, 0.1) is 13.8 Å². The number of carbonyl (C=O) groups is 3. The third-order valence-corrected chi connectivity index (χ3v) is 5.95. The van der Waals surface area contributed by atoms with Crippen molar-refractivity contribution in [2.24, 2.45) is 0 Å². The summed E-state index contributed by atoms with van der Waals surface area (Å²) in [5.41, 5.74) is 2.80. The van der Waals surface area contributed by atoms with Gasteiger partial charge in [-0.15, -0.1) is 11.3 Å². The van der Waals surface area contributed by atoms with Crippen molar-refractivity contribution in [3.8, 4) is 0 Å². The van der Waals surface area contributed by atoms with Gasteiger partial charge in [0.2, 0.25) is 5.91 Å². The standard InChI is InChI=1S/C25H24N2O6S/c1-4-33-23(29)13-22-27(14-21(28)26-19-11-15(2)5-6-16(19)3)24(30)20(34-22)12-17-7-9-18(10-8-17)25(31)32/h5-13H,4,14H2,1-3H3,(H,26,28)(H,31,32)/b20-12-,22-13-. The predicted octanol–water partition coefficient (Wildman–Crippen LogP) is 2.04. The summed E-state index contributed by atoms with van der Waals surface area (Å²) < 4.78 is 6.75. The zero-order chi connectivity index (χ0) is 24.8. The Kier molecular flexibility index (Phi) is 7.80. The molecular weight excluding hydrogens is 456 g/mol. The number of rotatable bonds is 7. The third-order valence-electron chi connectivity index (χ3n) is 4.89. The van der Waals surface area contributed by atoms with E-state index in [0.717, 1.165) is 22.5 Å². The van der Waals surface area contributed by atoms with Gasteiger partial charge in [-0.3, -0.25) is 14.2 Å². The molecule has 8 nitrogen and oxygen atoms in total. The van der Waals surface area contributed by atoms with E-state index in [1.807, 2.05) is 32.0 Å². The molecule has 0 aliphatic rings. The maximum Gasteiger partial charge on any atom is 0.335 e. The molecule has 1 amide bonds. The Morgan fingerprint density at radius 2 is 1.82 bits per heavy atom. The number of anilines is 1. The number of esters is 1. The molecule has 0 unspecified atom stereocenters. The summed E-state index contributed by atoms with van der Waals surface area (Å²) in [5, 5.41) is 11.9. The smallest absolute Gasteiger partial charge is 0.335 e. The van der Waals surface area contributed by atoms with Gasteiger partial charge in [0.1, 0.15) is 11.2 Å². The molecule has 3 rings (SSSR count). The molecule has 3 aromatic rings. The van der Waals surface area contributed by atoms with E-state index in [1.54, 1.807) is 25.1 Å². The number of aryl methyl sites for hydroxylation is 2. The van der Waals surface area contributed by atoms with E-state index in [0.29, 0.717) is 11.3 Å². The first-order chi connectivity index (χ1) is 16.2. The van der Waals surface area contributed by atoms with Crippen LogP contribution >= 0.6 is 11.3 Å². The van der Waals surface area contributed by atoms with Crippen molar-refractivity contribution in [1.82, 2.24) is 4.57 Å². The van der Waals surface area contributed by atoms with Crippen molar-refractivity contribution >= 4 is 47.0 Å². The molecule has 34 heavy (non-hydrogen) atoms. The van der Waals surface area contributed by atoms with E-state index in [-0.39, 0.29) is 27.9 Å². The SMILES string of the molecule is CCOC(=O)/C=c1\s/c(=C\c2ccc(C(=O)O)cc2)c(=O)n1CC(=O)Nc1cc(C)ccc1C. The van der Waals surface area contributed by atoms with E-state index in [2.05, 4.69) is 5.32 Å². The van der Waals surface area contributed by atoms with Crippen LogP contribution in [0.15, 0.2) is 47.3 Å². The van der Waals surface area contributed by atoms with E-state index in [4.69, 9.17) is 9.84 Å². The monoisotopic (exact) mass is 480 g/mol. The summed E-state index contributed by atoms with van der Waals surface area (Å²) in [6.45, 7) is 5.34. The van der Waals surface area contributed by atoms with Gasteiger partial charge in [0.25, 0.3) is 5.56 Å². The lowest BCUT2D eigenvalue weighted by Gasteiger charge is -2.09. The number of benzene rings is 2. The van der Waals surface area contributed by atoms with Crippen LogP contribution in [0.1, 0.15) is 34.0 Å². The minimum absolute atomic E-state index is 0.125. The normalized spacial score (nSPS) is 12.0. The van der Waals surface area contributed by atoms with E-state index < -0.39 is 23.4 Å². The Labute approximate surface area is 199 Å². The second kappa shape index (κ2) is 10.8. The summed E-state index contributed by atoms with van der Waals surface area (Å²) >= 11 is 1.04. The van der Waals surface area contributed by atoms with Crippen molar-refractivity contribution in [3.05, 3.63) is 84.3 Å². The molecule has 2 aromatic carbocycles.